The van der Waals surface area contributed by atoms with Crippen molar-refractivity contribution < 1.29 is 23.0 Å². The molecular weight excluding hydrogens is 307 g/mol. The van der Waals surface area contributed by atoms with Gasteiger partial charge in [0.15, 0.2) is 0 Å². The van der Waals surface area contributed by atoms with Gasteiger partial charge in [-0.3, -0.25) is 4.98 Å². The van der Waals surface area contributed by atoms with Crippen LogP contribution in [-0.4, -0.2) is 17.2 Å². The summed E-state index contributed by atoms with van der Waals surface area (Å²) in [5, 5.41) is 9.92. The molecule has 0 aliphatic heterocycles. The molecule has 2 rings (SSSR count). The van der Waals surface area contributed by atoms with E-state index in [1.54, 1.807) is 24.3 Å². The molecule has 2 aromatic rings. The summed E-state index contributed by atoms with van der Waals surface area (Å²) in [4.78, 5) is 3.63. The van der Waals surface area contributed by atoms with E-state index in [4.69, 9.17) is 16.3 Å². The van der Waals surface area contributed by atoms with Crippen LogP contribution in [0.1, 0.15) is 22.9 Å². The highest BCUT2D eigenvalue weighted by molar-refractivity contribution is 6.31. The minimum atomic E-state index is -4.53. The molecule has 21 heavy (non-hydrogen) atoms. The van der Waals surface area contributed by atoms with Crippen molar-refractivity contribution in [3.63, 3.8) is 0 Å². The number of aliphatic hydroxyl groups excluding tert-OH is 1. The van der Waals surface area contributed by atoms with Crippen LogP contribution in [0.3, 0.4) is 0 Å². The average molecular weight is 318 g/mol. The number of ether oxygens (including phenoxy) is 1. The van der Waals surface area contributed by atoms with Gasteiger partial charge in [-0.1, -0.05) is 23.7 Å². The standard InChI is InChI=1S/C14H11ClF3NO2/c1-21-10-4-2-8(3-5-10)13(20)12-11(15)6-9(7-19-12)14(16,17)18/h2-7,13,20H,1H3/t13-/m1/s1. The lowest BCUT2D eigenvalue weighted by molar-refractivity contribution is -0.137. The molecule has 0 aliphatic carbocycles. The quantitative estimate of drug-likeness (QED) is 0.935. The predicted molar refractivity (Wildman–Crippen MR) is 71.3 cm³/mol. The number of rotatable bonds is 3. The Kier molecular flexibility index (Phi) is 4.39. The number of nitrogens with zero attached hydrogens (tertiary/aromatic N) is 1. The Labute approximate surface area is 124 Å². The summed E-state index contributed by atoms with van der Waals surface area (Å²) in [5.41, 5.74) is -0.544. The number of aliphatic hydroxyl groups is 1. The van der Waals surface area contributed by atoms with Gasteiger partial charge in [0.1, 0.15) is 11.9 Å². The average Bonchev–Trinajstić information content (AvgIpc) is 2.45. The van der Waals surface area contributed by atoms with E-state index in [1.165, 1.54) is 7.11 Å². The van der Waals surface area contributed by atoms with Crippen LogP contribution < -0.4 is 4.74 Å². The maximum atomic E-state index is 12.5. The zero-order valence-corrected chi connectivity index (χ0v) is 11.6. The van der Waals surface area contributed by atoms with Gasteiger partial charge in [0.05, 0.1) is 23.4 Å². The highest BCUT2D eigenvalue weighted by Crippen LogP contribution is 2.34. The first-order chi connectivity index (χ1) is 9.82. The molecule has 7 heteroatoms. The van der Waals surface area contributed by atoms with Crippen molar-refractivity contribution in [1.82, 2.24) is 4.98 Å². The number of methoxy groups -OCH3 is 1. The van der Waals surface area contributed by atoms with Gasteiger partial charge in [0.2, 0.25) is 0 Å². The number of aromatic nitrogens is 1. The van der Waals surface area contributed by atoms with E-state index >= 15 is 0 Å². The highest BCUT2D eigenvalue weighted by Gasteiger charge is 2.32. The monoisotopic (exact) mass is 317 g/mol. The molecule has 0 bridgehead atoms. The minimum absolute atomic E-state index is 0.0326. The summed E-state index contributed by atoms with van der Waals surface area (Å²) in [6.07, 6.45) is -5.10. The zero-order chi connectivity index (χ0) is 15.6. The Hall–Kier alpha value is -1.79. The van der Waals surface area contributed by atoms with E-state index in [2.05, 4.69) is 4.98 Å². The molecular formula is C14H11ClF3NO2. The number of benzene rings is 1. The van der Waals surface area contributed by atoms with Gasteiger partial charge < -0.3 is 9.84 Å². The fourth-order valence-corrected chi connectivity index (χ4v) is 2.02. The van der Waals surface area contributed by atoms with Crippen LogP contribution in [0, 0.1) is 0 Å². The van der Waals surface area contributed by atoms with E-state index in [-0.39, 0.29) is 10.7 Å². The molecule has 0 spiro atoms. The van der Waals surface area contributed by atoms with Crippen molar-refractivity contribution in [2.75, 3.05) is 7.11 Å². The van der Waals surface area contributed by atoms with Gasteiger partial charge in [-0.05, 0) is 23.8 Å². The lowest BCUT2D eigenvalue weighted by atomic mass is 10.1. The van der Waals surface area contributed by atoms with E-state index in [0.29, 0.717) is 17.5 Å². The molecule has 1 N–H and O–H groups in total. The van der Waals surface area contributed by atoms with E-state index in [0.717, 1.165) is 6.07 Å². The predicted octanol–water partition coefficient (Wildman–Crippen LogP) is 3.84. The van der Waals surface area contributed by atoms with Gasteiger partial charge in [0.25, 0.3) is 0 Å². The number of alkyl halides is 3. The summed E-state index contributed by atoms with van der Waals surface area (Å²) in [6.45, 7) is 0. The summed E-state index contributed by atoms with van der Waals surface area (Å²) >= 11 is 5.79. The van der Waals surface area contributed by atoms with Crippen LogP contribution in [0.4, 0.5) is 13.2 Å². The maximum absolute atomic E-state index is 12.5. The lowest BCUT2D eigenvalue weighted by Gasteiger charge is -2.14. The molecule has 0 amide bonds. The Morgan fingerprint density at radius 2 is 1.86 bits per heavy atom. The fraction of sp³-hybridized carbons (Fsp3) is 0.214. The summed E-state index contributed by atoms with van der Waals surface area (Å²) < 4.78 is 42.6. The Morgan fingerprint density at radius 3 is 2.33 bits per heavy atom. The zero-order valence-electron chi connectivity index (χ0n) is 10.9. The molecule has 1 heterocycles. The molecule has 0 radical (unpaired) electrons. The van der Waals surface area contributed by atoms with Crippen LogP contribution in [-0.2, 0) is 6.18 Å². The molecule has 0 unspecified atom stereocenters. The SMILES string of the molecule is COc1ccc([C@@H](O)c2ncc(C(F)(F)F)cc2Cl)cc1. The van der Waals surface area contributed by atoms with Crippen LogP contribution in [0.2, 0.25) is 5.02 Å². The Morgan fingerprint density at radius 1 is 1.24 bits per heavy atom. The van der Waals surface area contributed by atoms with Crippen molar-refractivity contribution in [2.24, 2.45) is 0 Å². The molecule has 0 saturated heterocycles. The maximum Gasteiger partial charge on any atom is 0.417 e. The van der Waals surface area contributed by atoms with Gasteiger partial charge in [-0.25, -0.2) is 0 Å². The third kappa shape index (κ3) is 3.46. The lowest BCUT2D eigenvalue weighted by Crippen LogP contribution is -2.09. The van der Waals surface area contributed by atoms with Crippen LogP contribution in [0.25, 0.3) is 0 Å². The molecule has 1 aromatic heterocycles. The second kappa shape index (κ2) is 5.91. The van der Waals surface area contributed by atoms with Gasteiger partial charge >= 0.3 is 6.18 Å². The largest absolute Gasteiger partial charge is 0.497 e. The van der Waals surface area contributed by atoms with Crippen molar-refractivity contribution in [1.29, 1.82) is 0 Å². The third-order valence-corrected chi connectivity index (χ3v) is 3.19. The molecule has 0 aliphatic rings. The molecule has 0 fully saturated rings. The number of halogens is 4. The summed E-state index contributed by atoms with van der Waals surface area (Å²) in [7, 11) is 1.50. The van der Waals surface area contributed by atoms with Crippen LogP contribution >= 0.6 is 11.6 Å². The number of pyridine rings is 1. The van der Waals surface area contributed by atoms with Crippen LogP contribution in [0.15, 0.2) is 36.5 Å². The van der Waals surface area contributed by atoms with E-state index in [9.17, 15) is 18.3 Å². The van der Waals surface area contributed by atoms with Crippen molar-refractivity contribution >= 4 is 11.6 Å². The second-order valence-electron chi connectivity index (χ2n) is 4.26. The number of hydrogen-bond donors (Lipinski definition) is 1. The van der Waals surface area contributed by atoms with E-state index < -0.39 is 17.8 Å². The van der Waals surface area contributed by atoms with Gasteiger partial charge in [-0.2, -0.15) is 13.2 Å². The smallest absolute Gasteiger partial charge is 0.417 e. The highest BCUT2D eigenvalue weighted by atomic mass is 35.5. The molecule has 3 nitrogen and oxygen atoms in total. The van der Waals surface area contributed by atoms with Crippen molar-refractivity contribution in [3.05, 3.63) is 58.4 Å². The molecule has 1 atom stereocenters. The third-order valence-electron chi connectivity index (χ3n) is 2.89. The summed E-state index contributed by atoms with van der Waals surface area (Å²) in [6, 6.07) is 7.15. The van der Waals surface area contributed by atoms with Crippen LogP contribution in [0.5, 0.6) is 5.75 Å². The molecule has 0 saturated carbocycles. The fourth-order valence-electron chi connectivity index (χ4n) is 1.75. The Bertz CT molecular complexity index is 629. The van der Waals surface area contributed by atoms with Gasteiger partial charge in [-0.15, -0.1) is 0 Å². The summed E-state index contributed by atoms with van der Waals surface area (Å²) in [5.74, 6) is 0.595. The molecule has 1 aromatic carbocycles. The minimum Gasteiger partial charge on any atom is -0.497 e. The van der Waals surface area contributed by atoms with Crippen molar-refractivity contribution in [2.45, 2.75) is 12.3 Å². The Balaban J connectivity index is 2.32. The first kappa shape index (κ1) is 15.6. The van der Waals surface area contributed by atoms with Crippen molar-refractivity contribution in [3.8, 4) is 5.75 Å². The first-order valence-electron chi connectivity index (χ1n) is 5.87. The normalized spacial score (nSPS) is 13.0. The second-order valence-corrected chi connectivity index (χ2v) is 4.67. The first-order valence-corrected chi connectivity index (χ1v) is 6.25. The molecule has 112 valence electrons. The number of hydrogen-bond acceptors (Lipinski definition) is 3. The van der Waals surface area contributed by atoms with E-state index in [1.807, 2.05) is 0 Å². The van der Waals surface area contributed by atoms with Gasteiger partial charge in [0, 0.05) is 6.20 Å². The topological polar surface area (TPSA) is 42.4 Å².